The van der Waals surface area contributed by atoms with Crippen LogP contribution in [-0.4, -0.2) is 74.9 Å². The second kappa shape index (κ2) is 12.8. The number of carbonyl (C=O) groups excluding carboxylic acids is 3. The van der Waals surface area contributed by atoms with Crippen molar-refractivity contribution in [2.45, 2.75) is 44.9 Å². The maximum absolute atomic E-state index is 11.5. The van der Waals surface area contributed by atoms with Gasteiger partial charge in [0, 0.05) is 45.4 Å². The average molecular weight is 380 g/mol. The van der Waals surface area contributed by atoms with Crippen LogP contribution in [0.2, 0.25) is 0 Å². The van der Waals surface area contributed by atoms with Crippen molar-refractivity contribution in [1.29, 1.82) is 0 Å². The number of nitrogens with one attached hydrogen (secondary N) is 1. The Morgan fingerprint density at radius 2 is 1.30 bits per heavy atom. The van der Waals surface area contributed by atoms with Crippen LogP contribution in [0, 0.1) is 0 Å². The molecule has 152 valence electrons. The summed E-state index contributed by atoms with van der Waals surface area (Å²) in [6.07, 6.45) is 7.66. The molecule has 2 saturated heterocycles. The predicted molar refractivity (Wildman–Crippen MR) is 102 cm³/mol. The van der Waals surface area contributed by atoms with Crippen molar-refractivity contribution < 1.29 is 23.9 Å². The van der Waals surface area contributed by atoms with Crippen molar-refractivity contribution in [1.82, 2.24) is 10.2 Å². The predicted octanol–water partition coefficient (Wildman–Crippen LogP) is 1.26. The summed E-state index contributed by atoms with van der Waals surface area (Å²) in [5.74, 6) is -0.0272. The summed E-state index contributed by atoms with van der Waals surface area (Å²) in [4.78, 5) is 34.6. The van der Waals surface area contributed by atoms with Crippen LogP contribution < -0.4 is 5.32 Å². The van der Waals surface area contributed by atoms with E-state index in [-0.39, 0.29) is 11.6 Å². The van der Waals surface area contributed by atoms with Crippen LogP contribution in [-0.2, 0) is 23.9 Å². The molecule has 0 spiro atoms. The summed E-state index contributed by atoms with van der Waals surface area (Å²) >= 11 is 0. The van der Waals surface area contributed by atoms with Crippen LogP contribution >= 0.6 is 0 Å². The van der Waals surface area contributed by atoms with Crippen molar-refractivity contribution in [3.05, 3.63) is 11.8 Å². The first-order valence-electron chi connectivity index (χ1n) is 10.1. The van der Waals surface area contributed by atoms with E-state index in [1.807, 2.05) is 0 Å². The van der Waals surface area contributed by atoms with Crippen LogP contribution in [0.3, 0.4) is 0 Å². The lowest BCUT2D eigenvalue weighted by atomic mass is 9.98. The van der Waals surface area contributed by atoms with Gasteiger partial charge < -0.3 is 19.7 Å². The zero-order valence-corrected chi connectivity index (χ0v) is 16.2. The smallest absolute Gasteiger partial charge is 0.198 e. The largest absolute Gasteiger partial charge is 0.379 e. The molecule has 0 bridgehead atoms. The van der Waals surface area contributed by atoms with Gasteiger partial charge in [0.25, 0.3) is 0 Å². The van der Waals surface area contributed by atoms with Gasteiger partial charge in [-0.1, -0.05) is 6.08 Å². The van der Waals surface area contributed by atoms with E-state index in [4.69, 9.17) is 9.47 Å². The fourth-order valence-corrected chi connectivity index (χ4v) is 3.22. The molecular formula is C20H32N2O5. The Labute approximate surface area is 161 Å². The van der Waals surface area contributed by atoms with E-state index in [9.17, 15) is 14.4 Å². The molecule has 7 nitrogen and oxygen atoms in total. The van der Waals surface area contributed by atoms with Gasteiger partial charge in [-0.3, -0.25) is 14.4 Å². The molecule has 0 aromatic rings. The van der Waals surface area contributed by atoms with E-state index in [0.29, 0.717) is 18.6 Å². The summed E-state index contributed by atoms with van der Waals surface area (Å²) in [7, 11) is 0. The Balaban J connectivity index is 0.000000159. The molecule has 7 heteroatoms. The molecule has 0 amide bonds. The normalized spacial score (nSPS) is 23.5. The number of morpholine rings is 2. The van der Waals surface area contributed by atoms with Crippen LogP contribution in [0.5, 0.6) is 0 Å². The SMILES string of the molecule is C1COCCN1.O=C1CCCC=C1N1CCOCC1.O=C1CCCCC1=O. The van der Waals surface area contributed by atoms with Gasteiger partial charge in [0.05, 0.1) is 32.1 Å². The minimum atomic E-state index is -0.170. The third kappa shape index (κ3) is 8.32. The highest BCUT2D eigenvalue weighted by molar-refractivity contribution is 6.37. The number of nitrogens with zero attached hydrogens (tertiary/aromatic N) is 1. The number of Topliss-reactive ketones (excluding diaryl/α,β-unsaturated/α-hetero) is 3. The Morgan fingerprint density at radius 3 is 1.74 bits per heavy atom. The number of hydrogen-bond acceptors (Lipinski definition) is 7. The van der Waals surface area contributed by atoms with Crippen molar-refractivity contribution in [3.63, 3.8) is 0 Å². The van der Waals surface area contributed by atoms with E-state index in [2.05, 4.69) is 16.3 Å². The van der Waals surface area contributed by atoms with Gasteiger partial charge in [0.1, 0.15) is 0 Å². The van der Waals surface area contributed by atoms with Crippen LogP contribution in [0.25, 0.3) is 0 Å². The molecule has 2 aliphatic carbocycles. The molecule has 2 aliphatic heterocycles. The van der Waals surface area contributed by atoms with Gasteiger partial charge in [0.2, 0.25) is 0 Å². The third-order valence-electron chi connectivity index (χ3n) is 4.80. The lowest BCUT2D eigenvalue weighted by molar-refractivity contribution is -0.137. The molecule has 0 radical (unpaired) electrons. The molecule has 4 rings (SSSR count). The summed E-state index contributed by atoms with van der Waals surface area (Å²) in [6.45, 7) is 7.09. The summed E-state index contributed by atoms with van der Waals surface area (Å²) < 4.78 is 10.3. The second-order valence-electron chi connectivity index (χ2n) is 6.92. The van der Waals surface area contributed by atoms with Gasteiger partial charge in [-0.25, -0.2) is 0 Å². The molecule has 1 saturated carbocycles. The number of hydrogen-bond donors (Lipinski definition) is 1. The fraction of sp³-hybridized carbons (Fsp3) is 0.750. The summed E-state index contributed by atoms with van der Waals surface area (Å²) in [5, 5.41) is 3.16. The number of ether oxygens (including phenoxy) is 2. The number of allylic oxidation sites excluding steroid dienone is 2. The van der Waals surface area contributed by atoms with Gasteiger partial charge >= 0.3 is 0 Å². The maximum Gasteiger partial charge on any atom is 0.198 e. The summed E-state index contributed by atoms with van der Waals surface area (Å²) in [5.41, 5.74) is 0.939. The molecular weight excluding hydrogens is 348 g/mol. The van der Waals surface area contributed by atoms with Crippen LogP contribution in [0.1, 0.15) is 44.9 Å². The summed E-state index contributed by atoms with van der Waals surface area (Å²) in [6, 6.07) is 0. The highest BCUT2D eigenvalue weighted by atomic mass is 16.5. The van der Waals surface area contributed by atoms with Crippen LogP contribution in [0.4, 0.5) is 0 Å². The highest BCUT2D eigenvalue weighted by Gasteiger charge is 2.21. The van der Waals surface area contributed by atoms with Crippen molar-refractivity contribution in [2.24, 2.45) is 0 Å². The van der Waals surface area contributed by atoms with E-state index in [0.717, 1.165) is 90.4 Å². The molecule has 0 atom stereocenters. The first kappa shape index (κ1) is 21.7. The van der Waals surface area contributed by atoms with E-state index in [1.54, 1.807) is 0 Å². The zero-order valence-electron chi connectivity index (χ0n) is 16.2. The molecule has 4 aliphatic rings. The Bertz CT molecular complexity index is 495. The Kier molecular flexibility index (Phi) is 10.3. The lowest BCUT2D eigenvalue weighted by Crippen LogP contribution is -2.38. The molecule has 0 unspecified atom stereocenters. The third-order valence-corrected chi connectivity index (χ3v) is 4.80. The van der Waals surface area contributed by atoms with Crippen LogP contribution in [0.15, 0.2) is 11.8 Å². The minimum absolute atomic E-state index is 0.170. The first-order chi connectivity index (χ1) is 13.2. The second-order valence-corrected chi connectivity index (χ2v) is 6.92. The quantitative estimate of drug-likeness (QED) is 0.686. The van der Waals surface area contributed by atoms with Gasteiger partial charge in [-0.2, -0.15) is 0 Å². The molecule has 1 N–H and O–H groups in total. The minimum Gasteiger partial charge on any atom is -0.379 e. The Hall–Kier alpha value is -1.57. The standard InChI is InChI=1S/C10H15NO2.C6H8O2.C4H9NO/c12-10-4-2-1-3-9(10)11-5-7-13-8-6-11;7-5-3-1-2-4-6(5)8;1-3-6-4-2-5-1/h3H,1-2,4-8H2;1-4H2;5H,1-4H2. The first-order valence-corrected chi connectivity index (χ1v) is 10.1. The maximum atomic E-state index is 11.5. The van der Waals surface area contributed by atoms with E-state index < -0.39 is 0 Å². The van der Waals surface area contributed by atoms with Crippen molar-refractivity contribution >= 4 is 17.3 Å². The number of ketones is 3. The highest BCUT2D eigenvalue weighted by Crippen LogP contribution is 2.18. The van der Waals surface area contributed by atoms with E-state index >= 15 is 0 Å². The molecule has 0 aromatic carbocycles. The van der Waals surface area contributed by atoms with Crippen molar-refractivity contribution in [2.75, 3.05) is 52.6 Å². The molecule has 3 fully saturated rings. The Morgan fingerprint density at radius 1 is 0.741 bits per heavy atom. The fourth-order valence-electron chi connectivity index (χ4n) is 3.22. The topological polar surface area (TPSA) is 84.9 Å². The number of rotatable bonds is 1. The molecule has 27 heavy (non-hydrogen) atoms. The molecule has 0 aromatic heterocycles. The molecule has 2 heterocycles. The van der Waals surface area contributed by atoms with Gasteiger partial charge in [-0.05, 0) is 25.7 Å². The lowest BCUT2D eigenvalue weighted by Gasteiger charge is -2.31. The van der Waals surface area contributed by atoms with Gasteiger partial charge in [0.15, 0.2) is 17.3 Å². The van der Waals surface area contributed by atoms with Crippen molar-refractivity contribution in [3.8, 4) is 0 Å². The average Bonchev–Trinajstić information content (AvgIpc) is 2.73. The van der Waals surface area contributed by atoms with Gasteiger partial charge in [-0.15, -0.1) is 0 Å². The van der Waals surface area contributed by atoms with E-state index in [1.165, 1.54) is 0 Å². The zero-order chi connectivity index (χ0) is 19.3. The number of carbonyl (C=O) groups is 3. The monoisotopic (exact) mass is 380 g/mol.